The van der Waals surface area contributed by atoms with Gasteiger partial charge in [-0.2, -0.15) is 0 Å². The van der Waals surface area contributed by atoms with Gasteiger partial charge in [0.2, 0.25) is 0 Å². The van der Waals surface area contributed by atoms with Crippen LogP contribution < -0.4 is 10.6 Å². The van der Waals surface area contributed by atoms with E-state index in [2.05, 4.69) is 15.6 Å². The molecule has 1 rings (SSSR count). The number of hydrogen-bond acceptors (Lipinski definition) is 3. The van der Waals surface area contributed by atoms with Gasteiger partial charge in [-0.25, -0.2) is 0 Å². The third kappa shape index (κ3) is 8.73. The summed E-state index contributed by atoms with van der Waals surface area (Å²) in [4.78, 5) is 4.42. The number of nitrogens with zero attached hydrogens (tertiary/aromatic N) is 1. The minimum absolute atomic E-state index is 0.232. The summed E-state index contributed by atoms with van der Waals surface area (Å²) in [7, 11) is 1.71. The molecule has 0 bridgehead atoms. The number of aliphatic imine (C=N–C) groups is 1. The molecule has 0 aliphatic heterocycles. The van der Waals surface area contributed by atoms with E-state index in [9.17, 15) is 5.11 Å². The molecule has 1 unspecified atom stereocenters. The zero-order chi connectivity index (χ0) is 17.8. The summed E-state index contributed by atoms with van der Waals surface area (Å²) in [6, 6.07) is 5.03. The Morgan fingerprint density at radius 1 is 1.17 bits per heavy atom. The summed E-state index contributed by atoms with van der Waals surface area (Å²) in [5, 5.41) is 17.7. The molecular weight excluding hydrogens is 349 g/mol. The number of hydrogen-bond donors (Lipinski definition) is 3. The van der Waals surface area contributed by atoms with Crippen molar-refractivity contribution in [1.82, 2.24) is 10.6 Å². The molecular formula is C17H27Cl2N3O2. The van der Waals surface area contributed by atoms with E-state index in [1.807, 2.05) is 6.92 Å². The van der Waals surface area contributed by atoms with E-state index in [1.54, 1.807) is 25.3 Å². The molecule has 1 aromatic rings. The molecule has 0 saturated carbocycles. The maximum Gasteiger partial charge on any atom is 0.191 e. The van der Waals surface area contributed by atoms with E-state index in [0.29, 0.717) is 21.6 Å². The van der Waals surface area contributed by atoms with E-state index in [4.69, 9.17) is 27.9 Å². The molecule has 0 radical (unpaired) electrons. The second-order valence-corrected chi connectivity index (χ2v) is 6.29. The number of ether oxygens (including phenoxy) is 1. The summed E-state index contributed by atoms with van der Waals surface area (Å²) in [5.41, 5.74) is 0.659. The molecule has 24 heavy (non-hydrogen) atoms. The molecule has 0 aliphatic carbocycles. The van der Waals surface area contributed by atoms with Crippen LogP contribution in [-0.4, -0.2) is 44.4 Å². The fourth-order valence-corrected chi connectivity index (χ4v) is 2.69. The lowest BCUT2D eigenvalue weighted by molar-refractivity contribution is 0.187. The van der Waals surface area contributed by atoms with E-state index in [1.165, 1.54) is 0 Å². The Morgan fingerprint density at radius 2 is 1.88 bits per heavy atom. The van der Waals surface area contributed by atoms with Crippen molar-refractivity contribution in [1.29, 1.82) is 0 Å². The van der Waals surface area contributed by atoms with Gasteiger partial charge >= 0.3 is 0 Å². The highest BCUT2D eigenvalue weighted by Crippen LogP contribution is 2.23. The number of methoxy groups -OCH3 is 1. The molecule has 0 heterocycles. The SMILES string of the molecule is CCNC(=NCC(O)c1cc(Cl)cc(Cl)c1)NCCCCCOC. The summed E-state index contributed by atoms with van der Waals surface area (Å²) >= 11 is 11.9. The first kappa shape index (κ1) is 21.0. The minimum Gasteiger partial charge on any atom is -0.386 e. The highest BCUT2D eigenvalue weighted by molar-refractivity contribution is 6.34. The van der Waals surface area contributed by atoms with Crippen LogP contribution in [0.2, 0.25) is 10.0 Å². The first-order valence-electron chi connectivity index (χ1n) is 8.22. The fourth-order valence-electron chi connectivity index (χ4n) is 2.15. The van der Waals surface area contributed by atoms with Gasteiger partial charge in [-0.3, -0.25) is 4.99 Å². The maximum atomic E-state index is 10.3. The lowest BCUT2D eigenvalue weighted by atomic mass is 10.1. The number of rotatable bonds is 10. The fraction of sp³-hybridized carbons (Fsp3) is 0.588. The Labute approximate surface area is 154 Å². The van der Waals surface area contributed by atoms with Crippen LogP contribution in [-0.2, 0) is 4.74 Å². The number of aliphatic hydroxyl groups is 1. The van der Waals surface area contributed by atoms with Crippen molar-refractivity contribution >= 4 is 29.2 Å². The maximum absolute atomic E-state index is 10.3. The van der Waals surface area contributed by atoms with Gasteiger partial charge in [0.25, 0.3) is 0 Å². The van der Waals surface area contributed by atoms with Gasteiger partial charge in [0.1, 0.15) is 0 Å². The molecule has 136 valence electrons. The predicted molar refractivity (Wildman–Crippen MR) is 101 cm³/mol. The quantitative estimate of drug-likeness (QED) is 0.333. The highest BCUT2D eigenvalue weighted by Gasteiger charge is 2.09. The minimum atomic E-state index is -0.752. The Hall–Kier alpha value is -1.01. The number of nitrogens with one attached hydrogen (secondary N) is 2. The Balaban J connectivity index is 2.48. The van der Waals surface area contributed by atoms with Crippen molar-refractivity contribution in [2.75, 3.05) is 33.4 Å². The van der Waals surface area contributed by atoms with Gasteiger partial charge in [0.05, 0.1) is 12.6 Å². The van der Waals surface area contributed by atoms with Crippen molar-refractivity contribution in [3.8, 4) is 0 Å². The van der Waals surface area contributed by atoms with Crippen molar-refractivity contribution in [2.45, 2.75) is 32.3 Å². The molecule has 0 saturated heterocycles. The van der Waals surface area contributed by atoms with Crippen LogP contribution >= 0.6 is 23.2 Å². The normalized spacial score (nSPS) is 13.0. The molecule has 1 atom stereocenters. The van der Waals surface area contributed by atoms with Crippen molar-refractivity contribution in [3.63, 3.8) is 0 Å². The van der Waals surface area contributed by atoms with E-state index < -0.39 is 6.10 Å². The largest absolute Gasteiger partial charge is 0.386 e. The molecule has 0 amide bonds. The van der Waals surface area contributed by atoms with E-state index >= 15 is 0 Å². The van der Waals surface area contributed by atoms with Gasteiger partial charge in [-0.1, -0.05) is 23.2 Å². The first-order chi connectivity index (χ1) is 11.6. The zero-order valence-corrected chi connectivity index (χ0v) is 15.8. The summed E-state index contributed by atoms with van der Waals surface area (Å²) in [6.07, 6.45) is 2.45. The van der Waals surface area contributed by atoms with Gasteiger partial charge in [0, 0.05) is 36.9 Å². The molecule has 0 fully saturated rings. The Morgan fingerprint density at radius 3 is 2.50 bits per heavy atom. The Bertz CT molecular complexity index is 492. The van der Waals surface area contributed by atoms with Crippen molar-refractivity contribution < 1.29 is 9.84 Å². The van der Waals surface area contributed by atoms with Crippen LogP contribution in [0.1, 0.15) is 37.9 Å². The average molecular weight is 376 g/mol. The van der Waals surface area contributed by atoms with Crippen LogP contribution in [0, 0.1) is 0 Å². The lowest BCUT2D eigenvalue weighted by Crippen LogP contribution is -2.38. The van der Waals surface area contributed by atoms with Crippen molar-refractivity contribution in [3.05, 3.63) is 33.8 Å². The molecule has 0 aliphatic rings. The zero-order valence-electron chi connectivity index (χ0n) is 14.3. The van der Waals surface area contributed by atoms with E-state index in [0.717, 1.165) is 39.0 Å². The molecule has 0 aromatic heterocycles. The second-order valence-electron chi connectivity index (χ2n) is 5.42. The third-order valence-corrected chi connectivity index (χ3v) is 3.79. The Kier molecular flexibility index (Phi) is 10.8. The van der Waals surface area contributed by atoms with Gasteiger partial charge in [-0.15, -0.1) is 0 Å². The third-order valence-electron chi connectivity index (χ3n) is 3.35. The smallest absolute Gasteiger partial charge is 0.191 e. The summed E-state index contributed by atoms with van der Waals surface area (Å²) in [5.74, 6) is 0.691. The lowest BCUT2D eigenvalue weighted by Gasteiger charge is -2.14. The van der Waals surface area contributed by atoms with Gasteiger partial charge in [-0.05, 0) is 49.9 Å². The molecule has 7 heteroatoms. The number of guanidine groups is 1. The van der Waals surface area contributed by atoms with Gasteiger partial charge < -0.3 is 20.5 Å². The number of unbranched alkanes of at least 4 members (excludes halogenated alkanes) is 2. The average Bonchev–Trinajstić information content (AvgIpc) is 2.54. The monoisotopic (exact) mass is 375 g/mol. The standard InChI is InChI=1S/C17H27Cl2N3O2/c1-3-20-17(21-7-5-4-6-8-24-2)22-12-16(23)13-9-14(18)11-15(19)10-13/h9-11,16,23H,3-8,12H2,1-2H3,(H2,20,21,22). The molecule has 1 aromatic carbocycles. The van der Waals surface area contributed by atoms with Crippen LogP contribution in [0.15, 0.2) is 23.2 Å². The van der Waals surface area contributed by atoms with Gasteiger partial charge in [0.15, 0.2) is 5.96 Å². The molecule has 0 spiro atoms. The highest BCUT2D eigenvalue weighted by atomic mass is 35.5. The first-order valence-corrected chi connectivity index (χ1v) is 8.97. The summed E-state index contributed by atoms with van der Waals surface area (Å²) < 4.78 is 5.03. The number of aliphatic hydroxyl groups excluding tert-OH is 1. The van der Waals surface area contributed by atoms with E-state index in [-0.39, 0.29) is 6.54 Å². The van der Waals surface area contributed by atoms with Crippen LogP contribution in [0.4, 0.5) is 0 Å². The van der Waals surface area contributed by atoms with Crippen LogP contribution in [0.25, 0.3) is 0 Å². The second kappa shape index (κ2) is 12.4. The number of benzene rings is 1. The van der Waals surface area contributed by atoms with Crippen LogP contribution in [0.3, 0.4) is 0 Å². The topological polar surface area (TPSA) is 65.9 Å². The summed E-state index contributed by atoms with van der Waals surface area (Å²) in [6.45, 7) is 4.62. The van der Waals surface area contributed by atoms with Crippen LogP contribution in [0.5, 0.6) is 0 Å². The molecule has 3 N–H and O–H groups in total. The number of halogens is 2. The predicted octanol–water partition coefficient (Wildman–Crippen LogP) is 3.40. The van der Waals surface area contributed by atoms with Crippen molar-refractivity contribution in [2.24, 2.45) is 4.99 Å². The molecule has 5 nitrogen and oxygen atoms in total.